The Kier molecular flexibility index (Phi) is 5.24. The maximum atomic E-state index is 12.2. The van der Waals surface area contributed by atoms with Gasteiger partial charge in [0.25, 0.3) is 0 Å². The SMILES string of the molecule is N#CC1COCCN1C(=O)CCc1cccc(Cl)c1Cl. The lowest BCUT2D eigenvalue weighted by atomic mass is 10.1. The minimum Gasteiger partial charge on any atom is -0.376 e. The molecule has 1 aliphatic heterocycles. The van der Waals surface area contributed by atoms with Crippen LogP contribution in [0.2, 0.25) is 10.0 Å². The normalized spacial score (nSPS) is 18.6. The lowest BCUT2D eigenvalue weighted by Crippen LogP contribution is -2.48. The van der Waals surface area contributed by atoms with E-state index in [2.05, 4.69) is 6.07 Å². The molecule has 0 bridgehead atoms. The van der Waals surface area contributed by atoms with E-state index in [9.17, 15) is 4.79 Å². The Morgan fingerprint density at radius 1 is 1.50 bits per heavy atom. The summed E-state index contributed by atoms with van der Waals surface area (Å²) < 4.78 is 5.20. The van der Waals surface area contributed by atoms with Crippen molar-refractivity contribution in [3.63, 3.8) is 0 Å². The zero-order valence-corrected chi connectivity index (χ0v) is 12.3. The highest BCUT2D eigenvalue weighted by atomic mass is 35.5. The molecule has 1 aromatic rings. The highest BCUT2D eigenvalue weighted by molar-refractivity contribution is 6.42. The fraction of sp³-hybridized carbons (Fsp3) is 0.429. The molecule has 106 valence electrons. The highest BCUT2D eigenvalue weighted by Gasteiger charge is 2.26. The summed E-state index contributed by atoms with van der Waals surface area (Å²) in [7, 11) is 0. The summed E-state index contributed by atoms with van der Waals surface area (Å²) in [5.41, 5.74) is 0.842. The van der Waals surface area contributed by atoms with Crippen molar-refractivity contribution in [1.82, 2.24) is 4.90 Å². The van der Waals surface area contributed by atoms with Crippen LogP contribution in [0.5, 0.6) is 0 Å². The summed E-state index contributed by atoms with van der Waals surface area (Å²) >= 11 is 12.0. The molecule has 0 N–H and O–H groups in total. The van der Waals surface area contributed by atoms with E-state index >= 15 is 0 Å². The molecule has 0 aromatic heterocycles. The molecule has 4 nitrogen and oxygen atoms in total. The monoisotopic (exact) mass is 312 g/mol. The molecular formula is C14H14Cl2N2O2. The lowest BCUT2D eigenvalue weighted by Gasteiger charge is -2.31. The van der Waals surface area contributed by atoms with E-state index in [0.717, 1.165) is 5.56 Å². The second kappa shape index (κ2) is 6.94. The largest absolute Gasteiger partial charge is 0.376 e. The molecule has 1 saturated heterocycles. The fourth-order valence-corrected chi connectivity index (χ4v) is 2.55. The maximum absolute atomic E-state index is 12.2. The Labute approximate surface area is 127 Å². The highest BCUT2D eigenvalue weighted by Crippen LogP contribution is 2.26. The summed E-state index contributed by atoms with van der Waals surface area (Å²) in [4.78, 5) is 13.8. The number of halogens is 2. The average molecular weight is 313 g/mol. The number of carbonyl (C=O) groups excluding carboxylic acids is 1. The van der Waals surface area contributed by atoms with E-state index < -0.39 is 6.04 Å². The molecule has 1 aliphatic rings. The third-order valence-corrected chi connectivity index (χ3v) is 4.10. The molecule has 1 atom stereocenters. The number of hydrogen-bond donors (Lipinski definition) is 0. The number of hydrogen-bond acceptors (Lipinski definition) is 3. The van der Waals surface area contributed by atoms with Gasteiger partial charge in [0.15, 0.2) is 0 Å². The molecule has 0 radical (unpaired) electrons. The molecule has 1 aromatic carbocycles. The van der Waals surface area contributed by atoms with Crippen molar-refractivity contribution in [2.45, 2.75) is 18.9 Å². The van der Waals surface area contributed by atoms with Gasteiger partial charge in [-0.2, -0.15) is 5.26 Å². The Balaban J connectivity index is 1.98. The van der Waals surface area contributed by atoms with Crippen molar-refractivity contribution in [2.75, 3.05) is 19.8 Å². The number of nitrogens with zero attached hydrogens (tertiary/aromatic N) is 2. The maximum Gasteiger partial charge on any atom is 0.224 e. The van der Waals surface area contributed by atoms with E-state index in [1.807, 2.05) is 6.07 Å². The molecule has 0 spiro atoms. The van der Waals surface area contributed by atoms with Gasteiger partial charge in [-0.15, -0.1) is 0 Å². The van der Waals surface area contributed by atoms with Crippen LogP contribution in [0.25, 0.3) is 0 Å². The van der Waals surface area contributed by atoms with Gasteiger partial charge in [-0.25, -0.2) is 0 Å². The first-order valence-electron chi connectivity index (χ1n) is 6.33. The Hall–Kier alpha value is -1.28. The number of morpholine rings is 1. The smallest absolute Gasteiger partial charge is 0.224 e. The van der Waals surface area contributed by atoms with E-state index in [1.54, 1.807) is 17.0 Å². The van der Waals surface area contributed by atoms with Gasteiger partial charge in [-0.05, 0) is 18.1 Å². The minimum atomic E-state index is -0.494. The van der Waals surface area contributed by atoms with E-state index in [-0.39, 0.29) is 12.5 Å². The zero-order valence-electron chi connectivity index (χ0n) is 10.8. The zero-order chi connectivity index (χ0) is 14.5. The third kappa shape index (κ3) is 3.43. The molecular weight excluding hydrogens is 299 g/mol. The van der Waals surface area contributed by atoms with Gasteiger partial charge in [0.1, 0.15) is 6.04 Å². The predicted octanol–water partition coefficient (Wildman–Crippen LogP) is 2.68. The molecule has 6 heteroatoms. The summed E-state index contributed by atoms with van der Waals surface area (Å²) in [6.07, 6.45) is 0.811. The average Bonchev–Trinajstić information content (AvgIpc) is 2.48. The van der Waals surface area contributed by atoms with E-state index in [4.69, 9.17) is 33.2 Å². The van der Waals surface area contributed by atoms with Crippen LogP contribution in [0, 0.1) is 11.3 Å². The van der Waals surface area contributed by atoms with Crippen molar-refractivity contribution < 1.29 is 9.53 Å². The Morgan fingerprint density at radius 3 is 3.05 bits per heavy atom. The first-order valence-corrected chi connectivity index (χ1v) is 7.09. The number of aryl methyl sites for hydroxylation is 1. The standard InChI is InChI=1S/C14H14Cl2N2O2/c15-12-3-1-2-10(14(12)16)4-5-13(19)18-6-7-20-9-11(18)8-17/h1-3,11H,4-7,9H2. The van der Waals surface area contributed by atoms with Crippen LogP contribution in [0.3, 0.4) is 0 Å². The van der Waals surface area contributed by atoms with Gasteiger partial charge < -0.3 is 9.64 Å². The van der Waals surface area contributed by atoms with Gasteiger partial charge in [0, 0.05) is 13.0 Å². The van der Waals surface area contributed by atoms with Crippen molar-refractivity contribution in [2.24, 2.45) is 0 Å². The molecule has 0 aliphatic carbocycles. The van der Waals surface area contributed by atoms with Gasteiger partial charge in [0.05, 0.1) is 29.3 Å². The van der Waals surface area contributed by atoms with Crippen LogP contribution < -0.4 is 0 Å². The number of nitriles is 1. The first kappa shape index (κ1) is 15.1. The summed E-state index contributed by atoms with van der Waals surface area (Å²) in [6, 6.07) is 6.96. The van der Waals surface area contributed by atoms with E-state index in [0.29, 0.717) is 36.0 Å². The van der Waals surface area contributed by atoms with Crippen LogP contribution in [0.4, 0.5) is 0 Å². The number of carbonyl (C=O) groups is 1. The second-order valence-electron chi connectivity index (χ2n) is 4.52. The van der Waals surface area contributed by atoms with Crippen LogP contribution in [-0.2, 0) is 16.0 Å². The van der Waals surface area contributed by atoms with Crippen LogP contribution >= 0.6 is 23.2 Å². The predicted molar refractivity (Wildman–Crippen MR) is 76.7 cm³/mol. The van der Waals surface area contributed by atoms with E-state index in [1.165, 1.54) is 0 Å². The van der Waals surface area contributed by atoms with Gasteiger partial charge >= 0.3 is 0 Å². The van der Waals surface area contributed by atoms with Gasteiger partial charge in [-0.3, -0.25) is 4.79 Å². The summed E-state index contributed by atoms with van der Waals surface area (Å²) in [6.45, 7) is 1.21. The molecule has 1 unspecified atom stereocenters. The van der Waals surface area contributed by atoms with Gasteiger partial charge in [0.2, 0.25) is 5.91 Å². The fourth-order valence-electron chi connectivity index (χ4n) is 2.14. The van der Waals surface area contributed by atoms with Crippen LogP contribution in [0.15, 0.2) is 18.2 Å². The summed E-state index contributed by atoms with van der Waals surface area (Å²) in [5.74, 6) is -0.0594. The van der Waals surface area contributed by atoms with Crippen LogP contribution in [-0.4, -0.2) is 36.6 Å². The summed E-state index contributed by atoms with van der Waals surface area (Å²) in [5, 5.41) is 9.98. The molecule has 20 heavy (non-hydrogen) atoms. The topological polar surface area (TPSA) is 53.3 Å². The second-order valence-corrected chi connectivity index (χ2v) is 5.31. The Bertz CT molecular complexity index is 542. The molecule has 2 rings (SSSR count). The number of rotatable bonds is 3. The van der Waals surface area contributed by atoms with Crippen molar-refractivity contribution in [3.8, 4) is 6.07 Å². The number of amides is 1. The first-order chi connectivity index (χ1) is 9.63. The quantitative estimate of drug-likeness (QED) is 0.862. The number of benzene rings is 1. The Morgan fingerprint density at radius 2 is 2.30 bits per heavy atom. The van der Waals surface area contributed by atoms with Crippen LogP contribution in [0.1, 0.15) is 12.0 Å². The molecule has 1 amide bonds. The molecule has 0 saturated carbocycles. The van der Waals surface area contributed by atoms with Crippen molar-refractivity contribution >= 4 is 29.1 Å². The number of ether oxygens (including phenoxy) is 1. The van der Waals surface area contributed by atoms with Gasteiger partial charge in [-0.1, -0.05) is 35.3 Å². The van der Waals surface area contributed by atoms with Crippen molar-refractivity contribution in [1.29, 1.82) is 5.26 Å². The third-order valence-electron chi connectivity index (χ3n) is 3.24. The lowest BCUT2D eigenvalue weighted by molar-refractivity contribution is -0.137. The van der Waals surface area contributed by atoms with Crippen molar-refractivity contribution in [3.05, 3.63) is 33.8 Å². The molecule has 1 heterocycles. The molecule has 1 fully saturated rings. The minimum absolute atomic E-state index is 0.0594.